The molecular weight excluding hydrogens is 248 g/mol. The van der Waals surface area contributed by atoms with Crippen molar-refractivity contribution in [2.75, 3.05) is 19.4 Å². The predicted octanol–water partition coefficient (Wildman–Crippen LogP) is 0.616. The summed E-state index contributed by atoms with van der Waals surface area (Å²) in [6.45, 7) is 4.88. The summed E-state index contributed by atoms with van der Waals surface area (Å²) in [5, 5.41) is 3.59. The summed E-state index contributed by atoms with van der Waals surface area (Å²) < 4.78 is 11.7. The Bertz CT molecular complexity index is 367. The molecule has 0 saturated carbocycles. The van der Waals surface area contributed by atoms with Gasteiger partial charge in [-0.25, -0.2) is 4.79 Å². The summed E-state index contributed by atoms with van der Waals surface area (Å²) in [5.74, 6) is 0. The zero-order valence-corrected chi connectivity index (χ0v) is 11.8. The third-order valence-corrected chi connectivity index (χ3v) is 5.83. The summed E-state index contributed by atoms with van der Waals surface area (Å²) in [4.78, 5) is 10.9. The van der Waals surface area contributed by atoms with E-state index in [1.54, 1.807) is 0 Å². The first-order chi connectivity index (χ1) is 8.64. The lowest BCUT2D eigenvalue weighted by Gasteiger charge is -2.30. The maximum absolute atomic E-state index is 10.9. The van der Waals surface area contributed by atoms with Crippen LogP contribution in [0.2, 0.25) is 0 Å². The Morgan fingerprint density at radius 1 is 1.22 bits per heavy atom. The van der Waals surface area contributed by atoms with Crippen molar-refractivity contribution in [3.63, 3.8) is 0 Å². The lowest BCUT2D eigenvalue weighted by molar-refractivity contribution is 0.193. The molecule has 0 heterocycles. The first kappa shape index (κ1) is 14.7. The summed E-state index contributed by atoms with van der Waals surface area (Å²) in [5.41, 5.74) is 5.13. The average molecular weight is 268 g/mol. The fraction of sp³-hybridized carbons (Fsp3) is 0.417. The first-order valence-corrected chi connectivity index (χ1v) is 8.03. The van der Waals surface area contributed by atoms with Crippen molar-refractivity contribution < 1.29 is 13.6 Å². The van der Waals surface area contributed by atoms with Crippen LogP contribution < -0.4 is 16.2 Å². The van der Waals surface area contributed by atoms with Gasteiger partial charge < -0.3 is 19.9 Å². The number of amides is 2. The smallest absolute Gasteiger partial charge is 0.390 e. The number of nitrogens with two attached hydrogens (primary N) is 1. The molecule has 1 rings (SSSR count). The van der Waals surface area contributed by atoms with Gasteiger partial charge in [0.2, 0.25) is 0 Å². The van der Waals surface area contributed by atoms with Crippen LogP contribution in [0.25, 0.3) is 0 Å². The Morgan fingerprint density at radius 2 is 1.78 bits per heavy atom. The molecule has 0 aliphatic carbocycles. The van der Waals surface area contributed by atoms with Crippen LogP contribution in [0.3, 0.4) is 0 Å². The topological polar surface area (TPSA) is 73.6 Å². The first-order valence-electron chi connectivity index (χ1n) is 6.01. The molecule has 0 radical (unpaired) electrons. The molecule has 0 spiro atoms. The van der Waals surface area contributed by atoms with E-state index in [-0.39, 0.29) is 0 Å². The Morgan fingerprint density at radius 3 is 2.22 bits per heavy atom. The van der Waals surface area contributed by atoms with Crippen LogP contribution >= 0.6 is 0 Å². The van der Waals surface area contributed by atoms with Crippen LogP contribution in [0, 0.1) is 0 Å². The van der Waals surface area contributed by atoms with Gasteiger partial charge in [-0.05, 0) is 19.0 Å². The number of urea groups is 1. The lowest BCUT2D eigenvalue weighted by atomic mass is 10.4. The normalized spacial score (nSPS) is 11.2. The van der Waals surface area contributed by atoms with E-state index < -0.39 is 14.6 Å². The molecule has 18 heavy (non-hydrogen) atoms. The zero-order chi connectivity index (χ0) is 13.4. The van der Waals surface area contributed by atoms with Crippen LogP contribution in [0.4, 0.5) is 4.79 Å². The molecule has 100 valence electrons. The predicted molar refractivity (Wildman–Crippen MR) is 72.7 cm³/mol. The molecule has 0 fully saturated rings. The number of carbonyl (C=O) groups is 1. The van der Waals surface area contributed by atoms with Gasteiger partial charge in [-0.15, -0.1) is 0 Å². The van der Waals surface area contributed by atoms with Gasteiger partial charge >= 0.3 is 14.6 Å². The average Bonchev–Trinajstić information content (AvgIpc) is 2.37. The molecule has 0 unspecified atom stereocenters. The minimum Gasteiger partial charge on any atom is -0.390 e. The Hall–Kier alpha value is -1.37. The molecule has 1 aromatic carbocycles. The highest BCUT2D eigenvalue weighted by Crippen LogP contribution is 2.08. The maximum atomic E-state index is 10.9. The van der Waals surface area contributed by atoms with Crippen molar-refractivity contribution in [2.24, 2.45) is 5.73 Å². The second kappa shape index (κ2) is 7.15. The quantitative estimate of drug-likeness (QED) is 0.712. The standard InChI is InChI=1S/C12H20N2O3Si/c1-3-16-18(17-4-2,10-14-12(13)15)11-8-6-5-7-9-11/h5-9H,3-4,10H2,1-2H3,(H3,13,14,15). The van der Waals surface area contributed by atoms with Gasteiger partial charge in [-0.1, -0.05) is 30.3 Å². The fourth-order valence-corrected chi connectivity index (χ4v) is 4.64. The van der Waals surface area contributed by atoms with Crippen molar-refractivity contribution in [1.82, 2.24) is 5.32 Å². The molecule has 0 atom stereocenters. The number of nitrogens with one attached hydrogen (secondary N) is 1. The maximum Gasteiger partial charge on any atom is 0.392 e. The van der Waals surface area contributed by atoms with Crippen LogP contribution in [-0.4, -0.2) is 34.0 Å². The Labute approximate surface area is 109 Å². The molecule has 0 aromatic heterocycles. The summed E-state index contributed by atoms with van der Waals surface area (Å²) >= 11 is 0. The van der Waals surface area contributed by atoms with Gasteiger partial charge in [0.1, 0.15) is 0 Å². The minimum absolute atomic E-state index is 0.314. The van der Waals surface area contributed by atoms with Gasteiger partial charge in [0.05, 0.1) is 6.17 Å². The largest absolute Gasteiger partial charge is 0.392 e. The SMILES string of the molecule is CCO[Si](CNC(N)=O)(OCC)c1ccccc1. The van der Waals surface area contributed by atoms with E-state index in [0.717, 1.165) is 5.19 Å². The van der Waals surface area contributed by atoms with Crippen molar-refractivity contribution in [2.45, 2.75) is 13.8 Å². The highest BCUT2D eigenvalue weighted by atomic mass is 28.4. The second-order valence-electron chi connectivity index (χ2n) is 3.70. The van der Waals surface area contributed by atoms with Crippen LogP contribution in [-0.2, 0) is 8.85 Å². The number of primary amides is 1. The zero-order valence-electron chi connectivity index (χ0n) is 10.8. The van der Waals surface area contributed by atoms with Crippen molar-refractivity contribution in [3.05, 3.63) is 30.3 Å². The molecular formula is C12H20N2O3Si. The molecule has 6 heteroatoms. The number of carbonyl (C=O) groups excluding carboxylic acids is 1. The van der Waals surface area contributed by atoms with Crippen molar-refractivity contribution >= 4 is 19.8 Å². The monoisotopic (exact) mass is 268 g/mol. The molecule has 0 aliphatic rings. The van der Waals surface area contributed by atoms with Gasteiger partial charge in [-0.3, -0.25) is 0 Å². The second-order valence-corrected chi connectivity index (χ2v) is 6.72. The van der Waals surface area contributed by atoms with Crippen LogP contribution in [0.1, 0.15) is 13.8 Å². The molecule has 5 nitrogen and oxygen atoms in total. The number of benzene rings is 1. The van der Waals surface area contributed by atoms with E-state index in [1.807, 2.05) is 44.2 Å². The molecule has 3 N–H and O–H groups in total. The van der Waals surface area contributed by atoms with Crippen molar-refractivity contribution in [3.8, 4) is 0 Å². The van der Waals surface area contributed by atoms with E-state index in [2.05, 4.69) is 5.32 Å². The number of hydrogen-bond acceptors (Lipinski definition) is 3. The summed E-state index contributed by atoms with van der Waals surface area (Å²) in [6, 6.07) is 9.14. The van der Waals surface area contributed by atoms with Gasteiger partial charge in [0.25, 0.3) is 0 Å². The molecule has 2 amide bonds. The van der Waals surface area contributed by atoms with Crippen LogP contribution in [0.15, 0.2) is 30.3 Å². The van der Waals surface area contributed by atoms with Gasteiger partial charge in [0.15, 0.2) is 0 Å². The van der Waals surface area contributed by atoms with E-state index in [0.29, 0.717) is 19.4 Å². The van der Waals surface area contributed by atoms with E-state index in [4.69, 9.17) is 14.6 Å². The lowest BCUT2D eigenvalue weighted by Crippen LogP contribution is -2.62. The highest BCUT2D eigenvalue weighted by molar-refractivity contribution is 6.81. The molecule has 1 aromatic rings. The minimum atomic E-state index is -2.65. The Kier molecular flexibility index (Phi) is 5.83. The third-order valence-electron chi connectivity index (χ3n) is 2.46. The Balaban J connectivity index is 2.99. The third kappa shape index (κ3) is 3.83. The highest BCUT2D eigenvalue weighted by Gasteiger charge is 2.40. The van der Waals surface area contributed by atoms with Gasteiger partial charge in [-0.2, -0.15) is 0 Å². The number of rotatable bonds is 7. The van der Waals surface area contributed by atoms with E-state index >= 15 is 0 Å². The fourth-order valence-electron chi connectivity index (χ4n) is 1.77. The summed E-state index contributed by atoms with van der Waals surface area (Å²) in [7, 11) is -2.65. The van der Waals surface area contributed by atoms with E-state index in [1.165, 1.54) is 0 Å². The molecule has 0 bridgehead atoms. The summed E-state index contributed by atoms with van der Waals surface area (Å²) in [6.07, 6.45) is 0.314. The van der Waals surface area contributed by atoms with Crippen molar-refractivity contribution in [1.29, 1.82) is 0 Å². The molecule has 0 saturated heterocycles. The van der Waals surface area contributed by atoms with Crippen LogP contribution in [0.5, 0.6) is 0 Å². The van der Waals surface area contributed by atoms with E-state index in [9.17, 15) is 4.79 Å². The number of hydrogen-bond donors (Lipinski definition) is 2. The molecule has 0 aliphatic heterocycles. The van der Waals surface area contributed by atoms with Gasteiger partial charge in [0, 0.05) is 13.2 Å².